The zero-order chi connectivity index (χ0) is 14.6. The Kier molecular flexibility index (Phi) is 20.7. The normalized spacial score (nSPS) is 10.3. The van der Waals surface area contributed by atoms with Crippen LogP contribution in [-0.4, -0.2) is 37.3 Å². The Balaban J connectivity index is -0.00000133. The molecule has 0 aliphatic heterocycles. The number of hydrogen-bond donors (Lipinski definition) is 3. The van der Waals surface area contributed by atoms with Gasteiger partial charge in [-0.2, -0.15) is 0 Å². The van der Waals surface area contributed by atoms with E-state index in [1.54, 1.807) is 12.4 Å². The van der Waals surface area contributed by atoms with E-state index in [4.69, 9.17) is 10.5 Å². The molecule has 1 aromatic heterocycles. The van der Waals surface area contributed by atoms with Crippen LogP contribution in [-0.2, 0) is 4.74 Å². The monoisotopic (exact) mass is 388 g/mol. The number of carbonyl (C=O) groups is 1. The largest absolute Gasteiger partial charge is 0.448 e. The average Bonchev–Trinajstić information content (AvgIpc) is 2.48. The molecule has 136 valence electrons. The van der Waals surface area contributed by atoms with Crippen molar-refractivity contribution in [2.45, 2.75) is 25.8 Å². The SMILES string of the molecule is CCCCNC(=O)OCCNC(CN)c1cccnc1.Cl.Cl.Cl. The maximum Gasteiger partial charge on any atom is 0.407 e. The molecule has 0 radical (unpaired) electrons. The highest BCUT2D eigenvalue weighted by Gasteiger charge is 2.08. The molecule has 1 aromatic rings. The number of unbranched alkanes of at least 4 members (excludes halogenated alkanes) is 1. The van der Waals surface area contributed by atoms with E-state index in [1.165, 1.54) is 0 Å². The molecule has 9 heteroatoms. The molecule has 1 heterocycles. The number of alkyl carbamates (subject to hydrolysis) is 1. The lowest BCUT2D eigenvalue weighted by molar-refractivity contribution is 0.145. The topological polar surface area (TPSA) is 89.3 Å². The smallest absolute Gasteiger partial charge is 0.407 e. The Bertz CT molecular complexity index is 386. The first-order valence-corrected chi connectivity index (χ1v) is 7.02. The van der Waals surface area contributed by atoms with Crippen LogP contribution in [0.5, 0.6) is 0 Å². The average molecular weight is 390 g/mol. The van der Waals surface area contributed by atoms with Gasteiger partial charge in [0.05, 0.1) is 0 Å². The summed E-state index contributed by atoms with van der Waals surface area (Å²) in [5, 5.41) is 5.93. The fourth-order valence-electron chi connectivity index (χ4n) is 1.71. The zero-order valence-electron chi connectivity index (χ0n) is 13.2. The van der Waals surface area contributed by atoms with Crippen molar-refractivity contribution in [2.24, 2.45) is 5.73 Å². The minimum absolute atomic E-state index is 0. The van der Waals surface area contributed by atoms with Gasteiger partial charge in [0.15, 0.2) is 0 Å². The molecule has 0 fully saturated rings. The van der Waals surface area contributed by atoms with Crippen LogP contribution in [0.2, 0.25) is 0 Å². The fraction of sp³-hybridized carbons (Fsp3) is 0.571. The Morgan fingerprint density at radius 3 is 2.65 bits per heavy atom. The van der Waals surface area contributed by atoms with Gasteiger partial charge in [-0.1, -0.05) is 19.4 Å². The van der Waals surface area contributed by atoms with Gasteiger partial charge in [-0.05, 0) is 18.1 Å². The second-order valence-corrected chi connectivity index (χ2v) is 4.45. The van der Waals surface area contributed by atoms with Crippen molar-refractivity contribution < 1.29 is 9.53 Å². The van der Waals surface area contributed by atoms with Crippen molar-refractivity contribution in [3.8, 4) is 0 Å². The van der Waals surface area contributed by atoms with E-state index in [2.05, 4.69) is 22.5 Å². The first-order valence-electron chi connectivity index (χ1n) is 7.02. The predicted molar refractivity (Wildman–Crippen MR) is 100 cm³/mol. The first-order chi connectivity index (χ1) is 9.77. The number of nitrogens with zero attached hydrogens (tertiary/aromatic N) is 1. The molecule has 23 heavy (non-hydrogen) atoms. The third-order valence-electron chi connectivity index (χ3n) is 2.85. The van der Waals surface area contributed by atoms with Gasteiger partial charge < -0.3 is 21.1 Å². The highest BCUT2D eigenvalue weighted by molar-refractivity contribution is 5.86. The van der Waals surface area contributed by atoms with Crippen molar-refractivity contribution in [1.29, 1.82) is 0 Å². The van der Waals surface area contributed by atoms with Crippen molar-refractivity contribution in [2.75, 3.05) is 26.2 Å². The van der Waals surface area contributed by atoms with Gasteiger partial charge in [-0.15, -0.1) is 37.2 Å². The van der Waals surface area contributed by atoms with Crippen LogP contribution in [0.4, 0.5) is 4.79 Å². The van der Waals surface area contributed by atoms with Crippen molar-refractivity contribution in [3.05, 3.63) is 30.1 Å². The number of nitrogens with two attached hydrogens (primary N) is 1. The van der Waals surface area contributed by atoms with Gasteiger partial charge in [0.1, 0.15) is 6.61 Å². The van der Waals surface area contributed by atoms with Gasteiger partial charge in [0.25, 0.3) is 0 Å². The van der Waals surface area contributed by atoms with E-state index >= 15 is 0 Å². The minimum atomic E-state index is -0.370. The van der Waals surface area contributed by atoms with Crippen molar-refractivity contribution >= 4 is 43.3 Å². The van der Waals surface area contributed by atoms with Crippen molar-refractivity contribution in [1.82, 2.24) is 15.6 Å². The number of amides is 1. The second-order valence-electron chi connectivity index (χ2n) is 4.45. The Labute approximate surface area is 156 Å². The highest BCUT2D eigenvalue weighted by atomic mass is 35.5. The predicted octanol–water partition coefficient (Wildman–Crippen LogP) is 2.46. The maximum atomic E-state index is 11.3. The molecule has 0 aromatic carbocycles. The molecular weight excluding hydrogens is 363 g/mol. The molecule has 0 saturated carbocycles. The van der Waals surface area contributed by atoms with E-state index in [1.807, 2.05) is 12.1 Å². The van der Waals surface area contributed by atoms with Gasteiger partial charge in [0.2, 0.25) is 0 Å². The molecule has 4 N–H and O–H groups in total. The van der Waals surface area contributed by atoms with Crippen LogP contribution >= 0.6 is 37.2 Å². The summed E-state index contributed by atoms with van der Waals surface area (Å²) in [6.45, 7) is 4.06. The quantitative estimate of drug-likeness (QED) is 0.565. The van der Waals surface area contributed by atoms with E-state index in [0.717, 1.165) is 18.4 Å². The second kappa shape index (κ2) is 17.6. The molecule has 6 nitrogen and oxygen atoms in total. The lowest BCUT2D eigenvalue weighted by Crippen LogP contribution is -2.33. The molecule has 0 saturated heterocycles. The molecule has 0 bridgehead atoms. The van der Waals surface area contributed by atoms with Gasteiger partial charge in [0, 0.05) is 38.1 Å². The maximum absolute atomic E-state index is 11.3. The van der Waals surface area contributed by atoms with E-state index in [0.29, 0.717) is 26.2 Å². The van der Waals surface area contributed by atoms with Crippen LogP contribution in [0.15, 0.2) is 24.5 Å². The summed E-state index contributed by atoms with van der Waals surface area (Å²) in [7, 11) is 0. The van der Waals surface area contributed by atoms with Crippen LogP contribution in [0.1, 0.15) is 31.4 Å². The van der Waals surface area contributed by atoms with Gasteiger partial charge >= 0.3 is 6.09 Å². The van der Waals surface area contributed by atoms with Crippen molar-refractivity contribution in [3.63, 3.8) is 0 Å². The third kappa shape index (κ3) is 12.3. The summed E-state index contributed by atoms with van der Waals surface area (Å²) in [5.41, 5.74) is 6.75. The molecule has 0 spiro atoms. The highest BCUT2D eigenvalue weighted by Crippen LogP contribution is 2.08. The summed E-state index contributed by atoms with van der Waals surface area (Å²) in [4.78, 5) is 15.4. The minimum Gasteiger partial charge on any atom is -0.448 e. The van der Waals surface area contributed by atoms with E-state index in [9.17, 15) is 4.79 Å². The molecule has 1 unspecified atom stereocenters. The number of aromatic nitrogens is 1. The van der Waals surface area contributed by atoms with Gasteiger partial charge in [-0.3, -0.25) is 4.98 Å². The summed E-state index contributed by atoms with van der Waals surface area (Å²) < 4.78 is 5.05. The molecule has 1 amide bonds. The first kappa shape index (κ1) is 27.1. The Morgan fingerprint density at radius 2 is 2.09 bits per heavy atom. The van der Waals surface area contributed by atoms with Crippen LogP contribution in [0.3, 0.4) is 0 Å². The molecule has 1 atom stereocenters. The summed E-state index contributed by atoms with van der Waals surface area (Å²) >= 11 is 0. The summed E-state index contributed by atoms with van der Waals surface area (Å²) in [5.74, 6) is 0. The lowest BCUT2D eigenvalue weighted by atomic mass is 10.1. The van der Waals surface area contributed by atoms with E-state index in [-0.39, 0.29) is 49.4 Å². The standard InChI is InChI=1S/C14H24N4O2.3ClH/c1-2-3-7-18-14(19)20-9-8-17-13(10-15)12-5-4-6-16-11-12;;;/h4-6,11,13,17H,2-3,7-10,15H2,1H3,(H,18,19);3*1H. The fourth-order valence-corrected chi connectivity index (χ4v) is 1.71. The Morgan fingerprint density at radius 1 is 1.35 bits per heavy atom. The number of pyridine rings is 1. The summed E-state index contributed by atoms with van der Waals surface area (Å²) in [6, 6.07) is 3.86. The number of carbonyl (C=O) groups excluding carboxylic acids is 1. The number of hydrogen-bond acceptors (Lipinski definition) is 5. The molecule has 0 aliphatic rings. The van der Waals surface area contributed by atoms with Crippen LogP contribution in [0.25, 0.3) is 0 Å². The van der Waals surface area contributed by atoms with E-state index < -0.39 is 0 Å². The zero-order valence-corrected chi connectivity index (χ0v) is 15.6. The Hall–Kier alpha value is -0.790. The van der Waals surface area contributed by atoms with Gasteiger partial charge in [-0.25, -0.2) is 4.79 Å². The number of nitrogens with one attached hydrogen (secondary N) is 2. The van der Waals surface area contributed by atoms with Crippen LogP contribution < -0.4 is 16.4 Å². The number of halogens is 3. The molecule has 0 aliphatic carbocycles. The molecule has 1 rings (SSSR count). The molecular formula is C14H27Cl3N4O2. The number of ether oxygens (including phenoxy) is 1. The number of rotatable bonds is 9. The summed E-state index contributed by atoms with van der Waals surface area (Å²) in [6.07, 6.45) is 5.14. The van der Waals surface area contributed by atoms with Crippen LogP contribution in [0, 0.1) is 0 Å². The third-order valence-corrected chi connectivity index (χ3v) is 2.85. The lowest BCUT2D eigenvalue weighted by Gasteiger charge is -2.16.